The Hall–Kier alpha value is -1.82. The maximum absolute atomic E-state index is 15.9. The minimum atomic E-state index is -1.83. The molecular formula is C26H32Cl2FNO3. The summed E-state index contributed by atoms with van der Waals surface area (Å²) in [6, 6.07) is 11.4. The zero-order valence-corrected chi connectivity index (χ0v) is 20.8. The van der Waals surface area contributed by atoms with Crippen LogP contribution in [0.1, 0.15) is 54.6 Å². The predicted octanol–water partition coefficient (Wildman–Crippen LogP) is 6.31. The predicted molar refractivity (Wildman–Crippen MR) is 132 cm³/mol. The summed E-state index contributed by atoms with van der Waals surface area (Å²) in [5.41, 5.74) is 0.565. The van der Waals surface area contributed by atoms with Crippen LogP contribution in [0.25, 0.3) is 0 Å². The molecule has 1 heterocycles. The van der Waals surface area contributed by atoms with Gasteiger partial charge in [-0.25, -0.2) is 4.39 Å². The zero-order valence-electron chi connectivity index (χ0n) is 19.2. The topological polar surface area (TPSA) is 38.8 Å². The van der Waals surface area contributed by atoms with Crippen molar-refractivity contribution in [2.24, 2.45) is 5.92 Å². The second kappa shape index (κ2) is 11.1. The van der Waals surface area contributed by atoms with Crippen LogP contribution < -0.4 is 9.47 Å². The molecule has 1 unspecified atom stereocenters. The third-order valence-corrected chi connectivity index (χ3v) is 6.78. The van der Waals surface area contributed by atoms with E-state index < -0.39 is 11.5 Å². The van der Waals surface area contributed by atoms with Gasteiger partial charge in [0.25, 0.3) is 0 Å². The Morgan fingerprint density at radius 2 is 1.67 bits per heavy atom. The molecule has 0 bridgehead atoms. The fraction of sp³-hybridized carbons (Fsp3) is 0.500. The largest absolute Gasteiger partial charge is 0.490 e. The van der Waals surface area contributed by atoms with E-state index in [4.69, 9.17) is 21.1 Å². The summed E-state index contributed by atoms with van der Waals surface area (Å²) in [5.74, 6) is 0.902. The van der Waals surface area contributed by atoms with Gasteiger partial charge in [-0.3, -0.25) is 9.69 Å². The standard InChI is InChI=1S/C26H31ClFNO3.ClH/c1-3-31-23-13-20-16-26(28,25(30)22(20)14-24(23)32-4-2)15-18-9-11-29(12-10-18)17-19-5-7-21(27)8-6-19;/h5-8,13-14,18H,3-4,9-12,15-17H2,1-2H3;1H. The molecule has 4 nitrogen and oxygen atoms in total. The van der Waals surface area contributed by atoms with Crippen molar-refractivity contribution in [3.8, 4) is 11.5 Å². The molecule has 2 aromatic rings. The van der Waals surface area contributed by atoms with Crippen molar-refractivity contribution >= 4 is 29.8 Å². The average molecular weight is 496 g/mol. The first-order chi connectivity index (χ1) is 15.4. The van der Waals surface area contributed by atoms with Crippen molar-refractivity contribution in [1.82, 2.24) is 4.90 Å². The molecule has 1 aliphatic carbocycles. The molecule has 0 radical (unpaired) electrons. The van der Waals surface area contributed by atoms with Gasteiger partial charge in [-0.2, -0.15) is 0 Å². The summed E-state index contributed by atoms with van der Waals surface area (Å²) in [4.78, 5) is 15.4. The van der Waals surface area contributed by atoms with Gasteiger partial charge in [0.2, 0.25) is 5.78 Å². The number of rotatable bonds is 8. The lowest BCUT2D eigenvalue weighted by atomic mass is 9.83. The molecule has 4 rings (SSSR count). The van der Waals surface area contributed by atoms with Crippen LogP contribution in [0.2, 0.25) is 5.02 Å². The summed E-state index contributed by atoms with van der Waals surface area (Å²) in [6.07, 6.45) is 2.20. The van der Waals surface area contributed by atoms with Crippen LogP contribution in [-0.2, 0) is 13.0 Å². The highest BCUT2D eigenvalue weighted by Crippen LogP contribution is 2.43. The van der Waals surface area contributed by atoms with Crippen LogP contribution in [0, 0.1) is 5.92 Å². The van der Waals surface area contributed by atoms with E-state index in [1.54, 1.807) is 12.1 Å². The fourth-order valence-corrected chi connectivity index (χ4v) is 5.06. The second-order valence-corrected chi connectivity index (χ2v) is 9.28. The Bertz CT molecular complexity index is 961. The first-order valence-corrected chi connectivity index (χ1v) is 11.9. The van der Waals surface area contributed by atoms with E-state index in [9.17, 15) is 4.79 Å². The maximum Gasteiger partial charge on any atom is 0.200 e. The number of carbonyl (C=O) groups is 1. The molecule has 7 heteroatoms. The van der Waals surface area contributed by atoms with E-state index in [1.165, 1.54) is 5.56 Å². The van der Waals surface area contributed by atoms with E-state index in [-0.39, 0.29) is 31.2 Å². The number of carbonyl (C=O) groups excluding carboxylic acids is 1. The SMILES string of the molecule is CCOc1cc2c(cc1OCC)C(=O)C(F)(CC1CCN(Cc3ccc(Cl)cc3)CC1)C2.Cl. The van der Waals surface area contributed by atoms with Crippen LogP contribution in [0.5, 0.6) is 11.5 Å². The van der Waals surface area contributed by atoms with Crippen LogP contribution in [0.3, 0.4) is 0 Å². The highest BCUT2D eigenvalue weighted by Gasteiger charge is 2.48. The normalized spacial score (nSPS) is 20.9. The Balaban J connectivity index is 0.00000306. The van der Waals surface area contributed by atoms with Gasteiger partial charge in [-0.05, 0) is 87.5 Å². The van der Waals surface area contributed by atoms with E-state index in [0.29, 0.717) is 30.3 Å². The second-order valence-electron chi connectivity index (χ2n) is 8.84. The van der Waals surface area contributed by atoms with Gasteiger partial charge >= 0.3 is 0 Å². The van der Waals surface area contributed by atoms with Crippen molar-refractivity contribution in [2.45, 2.75) is 51.7 Å². The van der Waals surface area contributed by atoms with Gasteiger partial charge in [0.15, 0.2) is 17.2 Å². The number of halogens is 3. The van der Waals surface area contributed by atoms with E-state index in [1.807, 2.05) is 38.1 Å². The van der Waals surface area contributed by atoms with Crippen molar-refractivity contribution in [3.63, 3.8) is 0 Å². The van der Waals surface area contributed by atoms with Crippen molar-refractivity contribution in [3.05, 3.63) is 58.1 Å². The zero-order chi connectivity index (χ0) is 22.7. The molecule has 0 amide bonds. The lowest BCUT2D eigenvalue weighted by Crippen LogP contribution is -2.38. The molecule has 0 saturated carbocycles. The van der Waals surface area contributed by atoms with Gasteiger partial charge in [0, 0.05) is 23.6 Å². The summed E-state index contributed by atoms with van der Waals surface area (Å²) in [5, 5.41) is 0.740. The van der Waals surface area contributed by atoms with Gasteiger partial charge < -0.3 is 9.47 Å². The van der Waals surface area contributed by atoms with E-state index in [2.05, 4.69) is 4.90 Å². The Labute approximate surface area is 206 Å². The van der Waals surface area contributed by atoms with Crippen molar-refractivity contribution in [1.29, 1.82) is 0 Å². The molecule has 1 saturated heterocycles. The lowest BCUT2D eigenvalue weighted by Gasteiger charge is -2.34. The molecule has 0 N–H and O–H groups in total. The molecule has 0 spiro atoms. The van der Waals surface area contributed by atoms with E-state index in [0.717, 1.165) is 43.1 Å². The highest BCUT2D eigenvalue weighted by molar-refractivity contribution is 6.30. The summed E-state index contributed by atoms with van der Waals surface area (Å²) in [6.45, 7) is 7.41. The van der Waals surface area contributed by atoms with Gasteiger partial charge in [-0.15, -0.1) is 12.4 Å². The number of alkyl halides is 1. The summed E-state index contributed by atoms with van der Waals surface area (Å²) >= 11 is 5.97. The fourth-order valence-electron chi connectivity index (χ4n) is 4.94. The number of fused-ring (bicyclic) bond motifs is 1. The van der Waals surface area contributed by atoms with E-state index >= 15 is 4.39 Å². The van der Waals surface area contributed by atoms with Crippen LogP contribution in [0.15, 0.2) is 36.4 Å². The number of ether oxygens (including phenoxy) is 2. The number of benzene rings is 2. The molecule has 33 heavy (non-hydrogen) atoms. The third kappa shape index (κ3) is 5.82. The van der Waals surface area contributed by atoms with Crippen molar-refractivity contribution in [2.75, 3.05) is 26.3 Å². The van der Waals surface area contributed by atoms with Crippen LogP contribution in [-0.4, -0.2) is 42.7 Å². The molecule has 0 aromatic heterocycles. The van der Waals surface area contributed by atoms with Gasteiger partial charge in [0.05, 0.1) is 13.2 Å². The summed E-state index contributed by atoms with van der Waals surface area (Å²) < 4.78 is 27.2. The number of likely N-dealkylation sites (tertiary alicyclic amines) is 1. The third-order valence-electron chi connectivity index (χ3n) is 6.53. The number of hydrogen-bond acceptors (Lipinski definition) is 4. The Morgan fingerprint density at radius 3 is 2.27 bits per heavy atom. The monoisotopic (exact) mass is 495 g/mol. The first kappa shape index (κ1) is 25.8. The molecular weight excluding hydrogens is 464 g/mol. The molecule has 1 aliphatic heterocycles. The minimum absolute atomic E-state index is 0. The highest BCUT2D eigenvalue weighted by atomic mass is 35.5. The number of piperidine rings is 1. The van der Waals surface area contributed by atoms with Crippen LogP contribution >= 0.6 is 24.0 Å². The number of Topliss-reactive ketones (excluding diaryl/α,β-unsaturated/α-hetero) is 1. The molecule has 180 valence electrons. The van der Waals surface area contributed by atoms with Crippen molar-refractivity contribution < 1.29 is 18.7 Å². The number of ketones is 1. The van der Waals surface area contributed by atoms with Gasteiger partial charge in [0.1, 0.15) is 0 Å². The number of nitrogens with zero attached hydrogens (tertiary/aromatic N) is 1. The first-order valence-electron chi connectivity index (χ1n) is 11.5. The van der Waals surface area contributed by atoms with Gasteiger partial charge in [-0.1, -0.05) is 23.7 Å². The number of hydrogen-bond donors (Lipinski definition) is 0. The minimum Gasteiger partial charge on any atom is -0.490 e. The molecule has 2 aromatic carbocycles. The molecule has 1 fully saturated rings. The summed E-state index contributed by atoms with van der Waals surface area (Å²) in [7, 11) is 0. The maximum atomic E-state index is 15.9. The average Bonchev–Trinajstić information content (AvgIpc) is 3.01. The molecule has 2 aliphatic rings. The van der Waals surface area contributed by atoms with Crippen LogP contribution in [0.4, 0.5) is 4.39 Å². The lowest BCUT2D eigenvalue weighted by molar-refractivity contribution is 0.0587. The smallest absolute Gasteiger partial charge is 0.200 e. The Kier molecular flexibility index (Phi) is 8.65. The Morgan fingerprint density at radius 1 is 1.06 bits per heavy atom. The molecule has 1 atom stereocenters. The quantitative estimate of drug-likeness (QED) is 0.430.